The number of aldehydes is 1. The fraction of sp³-hybridized carbons (Fsp3) is 0.261. The van der Waals surface area contributed by atoms with Crippen LogP contribution in [-0.4, -0.2) is 18.7 Å². The van der Waals surface area contributed by atoms with E-state index in [1.165, 1.54) is 9.75 Å². The molecule has 0 atom stereocenters. The van der Waals surface area contributed by atoms with Gasteiger partial charge in [0.15, 0.2) is 0 Å². The summed E-state index contributed by atoms with van der Waals surface area (Å²) < 4.78 is 0. The number of aryl methyl sites for hydroxylation is 1. The van der Waals surface area contributed by atoms with Crippen molar-refractivity contribution in [3.05, 3.63) is 75.8 Å². The normalized spacial score (nSPS) is 12.3. The van der Waals surface area contributed by atoms with E-state index in [0.29, 0.717) is 25.2 Å². The Balaban J connectivity index is 2.30. The van der Waals surface area contributed by atoms with Gasteiger partial charge in [-0.25, -0.2) is 4.99 Å². The van der Waals surface area contributed by atoms with Crippen molar-refractivity contribution < 1.29 is 4.79 Å². The maximum atomic E-state index is 10.6. The topological polar surface area (TPSA) is 53.8 Å². The molecule has 28 heavy (non-hydrogen) atoms. The molecular formula is C23H27N3OS. The quantitative estimate of drug-likeness (QED) is 0.300. The summed E-state index contributed by atoms with van der Waals surface area (Å²) in [5, 5.41) is 3.34. The SMILES string of the molecule is C=CC/C(C(CC)=NCc1ccc(C)s1)=C(/N=C)Nc1ccc(CC=O)cc1. The zero-order chi connectivity index (χ0) is 20.4. The van der Waals surface area contributed by atoms with E-state index in [4.69, 9.17) is 4.99 Å². The minimum atomic E-state index is 0.416. The molecule has 0 aliphatic heterocycles. The number of carbonyl (C=O) groups excluding carboxylic acids is 1. The molecule has 1 aromatic carbocycles. The second-order valence-corrected chi connectivity index (χ2v) is 7.67. The number of hydrogen-bond acceptors (Lipinski definition) is 5. The smallest absolute Gasteiger partial charge is 0.134 e. The van der Waals surface area contributed by atoms with E-state index in [2.05, 4.69) is 49.6 Å². The Kier molecular flexibility index (Phi) is 8.56. The Labute approximate surface area is 171 Å². The summed E-state index contributed by atoms with van der Waals surface area (Å²) in [6, 6.07) is 12.0. The molecule has 1 N–H and O–H groups in total. The molecule has 0 fully saturated rings. The number of nitrogens with one attached hydrogen (secondary N) is 1. The number of hydrogen-bond donors (Lipinski definition) is 1. The van der Waals surface area contributed by atoms with Crippen molar-refractivity contribution in [2.75, 3.05) is 5.32 Å². The number of rotatable bonds is 11. The lowest BCUT2D eigenvalue weighted by molar-refractivity contribution is -0.107. The number of anilines is 1. The first-order valence-electron chi connectivity index (χ1n) is 9.30. The number of aliphatic imine (C=N–C) groups is 2. The van der Waals surface area contributed by atoms with Crippen LogP contribution in [0.3, 0.4) is 0 Å². The maximum Gasteiger partial charge on any atom is 0.134 e. The lowest BCUT2D eigenvalue weighted by atomic mass is 10.0. The third-order valence-electron chi connectivity index (χ3n) is 4.23. The molecule has 0 saturated heterocycles. The van der Waals surface area contributed by atoms with Crippen LogP contribution in [0.25, 0.3) is 0 Å². The van der Waals surface area contributed by atoms with Gasteiger partial charge in [0.2, 0.25) is 0 Å². The molecule has 0 spiro atoms. The summed E-state index contributed by atoms with van der Waals surface area (Å²) >= 11 is 1.77. The molecule has 0 unspecified atom stereocenters. The number of thiophene rings is 1. The van der Waals surface area contributed by atoms with Gasteiger partial charge in [-0.3, -0.25) is 4.99 Å². The van der Waals surface area contributed by atoms with E-state index >= 15 is 0 Å². The molecule has 146 valence electrons. The third-order valence-corrected chi connectivity index (χ3v) is 5.22. The average Bonchev–Trinajstić information content (AvgIpc) is 3.12. The molecule has 0 amide bonds. The second-order valence-electron chi connectivity index (χ2n) is 6.30. The molecule has 0 aliphatic carbocycles. The van der Waals surface area contributed by atoms with Gasteiger partial charge in [0.05, 0.1) is 6.54 Å². The minimum Gasteiger partial charge on any atom is -0.340 e. The van der Waals surface area contributed by atoms with Gasteiger partial charge < -0.3 is 10.1 Å². The molecule has 0 saturated carbocycles. The molecule has 0 bridgehead atoms. The molecule has 1 heterocycles. The predicted octanol–water partition coefficient (Wildman–Crippen LogP) is 5.75. The van der Waals surface area contributed by atoms with E-state index in [1.807, 2.05) is 30.3 Å². The van der Waals surface area contributed by atoms with Crippen molar-refractivity contribution in [3.8, 4) is 0 Å². The van der Waals surface area contributed by atoms with Crippen molar-refractivity contribution in [2.24, 2.45) is 9.98 Å². The highest BCUT2D eigenvalue weighted by Crippen LogP contribution is 2.21. The average molecular weight is 394 g/mol. The Morgan fingerprint density at radius 3 is 2.50 bits per heavy atom. The Bertz CT molecular complexity index is 876. The predicted molar refractivity (Wildman–Crippen MR) is 122 cm³/mol. The molecule has 1 aromatic heterocycles. The fourth-order valence-corrected chi connectivity index (χ4v) is 3.64. The van der Waals surface area contributed by atoms with Gasteiger partial charge in [-0.15, -0.1) is 17.9 Å². The van der Waals surface area contributed by atoms with Crippen LogP contribution in [0.4, 0.5) is 5.69 Å². The van der Waals surface area contributed by atoms with Crippen LogP contribution in [-0.2, 0) is 17.8 Å². The Hall–Kier alpha value is -2.79. The van der Waals surface area contributed by atoms with Crippen molar-refractivity contribution >= 4 is 35.7 Å². The van der Waals surface area contributed by atoms with Crippen molar-refractivity contribution in [3.63, 3.8) is 0 Å². The number of benzene rings is 1. The van der Waals surface area contributed by atoms with Crippen molar-refractivity contribution in [1.82, 2.24) is 0 Å². The fourth-order valence-electron chi connectivity index (χ4n) is 2.83. The van der Waals surface area contributed by atoms with Crippen molar-refractivity contribution in [1.29, 1.82) is 0 Å². The largest absolute Gasteiger partial charge is 0.340 e. The van der Waals surface area contributed by atoms with Crippen LogP contribution in [0, 0.1) is 6.92 Å². The van der Waals surface area contributed by atoms with E-state index in [0.717, 1.165) is 35.2 Å². The Morgan fingerprint density at radius 2 is 1.96 bits per heavy atom. The standard InChI is InChI=1S/C23H27N3OS/c1-5-7-21(22(6-2)25-16-20-13-8-17(3)28-20)23(24-4)26-19-11-9-18(10-12-19)14-15-27/h5,8-13,15,26H,1,4,6-7,14,16H2,2-3H3/b23-21+,25-22?. The van der Waals surface area contributed by atoms with Gasteiger partial charge in [-0.05, 0) is 56.3 Å². The van der Waals surface area contributed by atoms with Crippen LogP contribution < -0.4 is 5.32 Å². The maximum absolute atomic E-state index is 10.6. The summed E-state index contributed by atoms with van der Waals surface area (Å²) in [6.45, 7) is 12.5. The molecule has 4 nitrogen and oxygen atoms in total. The van der Waals surface area contributed by atoms with Gasteiger partial charge in [0, 0.05) is 33.1 Å². The van der Waals surface area contributed by atoms with Crippen LogP contribution in [0.1, 0.15) is 35.1 Å². The highest BCUT2D eigenvalue weighted by molar-refractivity contribution is 7.11. The van der Waals surface area contributed by atoms with Crippen LogP contribution >= 0.6 is 11.3 Å². The van der Waals surface area contributed by atoms with Crippen LogP contribution in [0.15, 0.2) is 70.4 Å². The molecule has 5 heteroatoms. The highest BCUT2D eigenvalue weighted by Gasteiger charge is 2.11. The first-order valence-corrected chi connectivity index (χ1v) is 10.1. The van der Waals surface area contributed by atoms with E-state index in [-0.39, 0.29) is 0 Å². The number of allylic oxidation sites excluding steroid dienone is 2. The number of nitrogens with zero attached hydrogens (tertiary/aromatic N) is 2. The van der Waals surface area contributed by atoms with Crippen molar-refractivity contribution in [2.45, 2.75) is 39.7 Å². The molecule has 0 radical (unpaired) electrons. The molecular weight excluding hydrogens is 366 g/mol. The zero-order valence-electron chi connectivity index (χ0n) is 16.6. The van der Waals surface area contributed by atoms with Gasteiger partial charge in [0.25, 0.3) is 0 Å². The summed E-state index contributed by atoms with van der Waals surface area (Å²) in [4.78, 5) is 22.3. The second kappa shape index (κ2) is 11.1. The summed E-state index contributed by atoms with van der Waals surface area (Å²) in [5.74, 6) is 0.686. The summed E-state index contributed by atoms with van der Waals surface area (Å²) in [5.41, 5.74) is 3.87. The van der Waals surface area contributed by atoms with Gasteiger partial charge in [-0.1, -0.05) is 25.1 Å². The number of carbonyl (C=O) groups is 1. The van der Waals surface area contributed by atoms with Gasteiger partial charge in [0.1, 0.15) is 12.1 Å². The van der Waals surface area contributed by atoms with Gasteiger partial charge in [-0.2, -0.15) is 0 Å². The summed E-state index contributed by atoms with van der Waals surface area (Å²) in [6.07, 6.45) is 4.63. The lowest BCUT2D eigenvalue weighted by Crippen LogP contribution is -2.10. The molecule has 2 aromatic rings. The highest BCUT2D eigenvalue weighted by atomic mass is 32.1. The summed E-state index contributed by atoms with van der Waals surface area (Å²) in [7, 11) is 0. The van der Waals surface area contributed by atoms with Crippen LogP contribution in [0.2, 0.25) is 0 Å². The first kappa shape index (κ1) is 21.5. The minimum absolute atomic E-state index is 0.416. The zero-order valence-corrected chi connectivity index (χ0v) is 17.4. The van der Waals surface area contributed by atoms with Crippen LogP contribution in [0.5, 0.6) is 0 Å². The Morgan fingerprint density at radius 1 is 1.21 bits per heavy atom. The first-order chi connectivity index (χ1) is 13.6. The third kappa shape index (κ3) is 6.13. The molecule has 0 aliphatic rings. The van der Waals surface area contributed by atoms with E-state index < -0.39 is 0 Å². The van der Waals surface area contributed by atoms with Gasteiger partial charge >= 0.3 is 0 Å². The van der Waals surface area contributed by atoms with E-state index in [9.17, 15) is 4.79 Å². The monoisotopic (exact) mass is 393 g/mol. The van der Waals surface area contributed by atoms with E-state index in [1.54, 1.807) is 11.3 Å². The molecule has 2 rings (SSSR count). The lowest BCUT2D eigenvalue weighted by Gasteiger charge is -2.15.